The van der Waals surface area contributed by atoms with Gasteiger partial charge in [0.2, 0.25) is 0 Å². The average molecular weight is 373 g/mol. The topological polar surface area (TPSA) is 110 Å². The molecule has 0 aromatic rings. The average Bonchev–Trinajstić information content (AvgIpc) is 2.47. The largest absolute Gasteiger partial charge is 2.00 e. The van der Waals surface area contributed by atoms with Gasteiger partial charge < -0.3 is 29.6 Å². The van der Waals surface area contributed by atoms with Crippen LogP contribution in [-0.4, -0.2) is 75.1 Å². The summed E-state index contributed by atoms with van der Waals surface area (Å²) in [6.07, 6.45) is 4.39. The summed E-state index contributed by atoms with van der Waals surface area (Å²) < 4.78 is 5.46. The fourth-order valence-electron chi connectivity index (χ4n) is 1.85. The van der Waals surface area contributed by atoms with Gasteiger partial charge in [-0.15, -0.1) is 0 Å². The van der Waals surface area contributed by atoms with Gasteiger partial charge in [-0.05, 0) is 25.7 Å². The molecule has 1 N–H and O–H groups in total. The van der Waals surface area contributed by atoms with Crippen LogP contribution in [0.2, 0.25) is 0 Å². The van der Waals surface area contributed by atoms with Crippen molar-refractivity contribution in [1.82, 2.24) is 0 Å². The predicted octanol–water partition coefficient (Wildman–Crippen LogP) is 0.124. The minimum absolute atomic E-state index is 0. The van der Waals surface area contributed by atoms with E-state index in [1.807, 2.05) is 0 Å². The van der Waals surface area contributed by atoms with E-state index in [0.29, 0.717) is 26.1 Å². The number of hydrogen-bond acceptors (Lipinski definition) is 6. The number of hydrogen-bond donors (Lipinski definition) is 1. The minimum Gasteiger partial charge on any atom is -0.550 e. The maximum Gasteiger partial charge on any atom is 2.00 e. The minimum atomic E-state index is -1.01. The third kappa shape index (κ3) is 14.5. The third-order valence-corrected chi connectivity index (χ3v) is 3.79. The quantitative estimate of drug-likeness (QED) is 0.385. The summed E-state index contributed by atoms with van der Waals surface area (Å²) in [6, 6.07) is 0. The summed E-state index contributed by atoms with van der Waals surface area (Å²) >= 11 is 0. The van der Waals surface area contributed by atoms with Gasteiger partial charge in [0.15, 0.2) is 0 Å². The second kappa shape index (κ2) is 15.4. The number of ether oxygens (including phenoxy) is 1. The number of aliphatic carboxylic acids is 2. The van der Waals surface area contributed by atoms with E-state index in [9.17, 15) is 19.8 Å². The number of carboxylic acid groups (broad SMARTS) is 2. The number of rotatable bonds is 12. The molecule has 0 saturated carbocycles. The molecule has 0 atom stereocenters. The van der Waals surface area contributed by atoms with Gasteiger partial charge in [0.05, 0.1) is 0 Å². The summed E-state index contributed by atoms with van der Waals surface area (Å²) in [4.78, 5) is 21.6. The van der Waals surface area contributed by atoms with E-state index < -0.39 is 22.8 Å². The van der Waals surface area contributed by atoms with Gasteiger partial charge in [0.1, 0.15) is 0 Å². The van der Waals surface area contributed by atoms with Crippen LogP contribution in [0.5, 0.6) is 0 Å². The molecule has 0 fully saturated rings. The molecular weight excluding hydrogens is 340 g/mol. The van der Waals surface area contributed by atoms with Crippen molar-refractivity contribution >= 4 is 49.7 Å². The zero-order valence-corrected chi connectivity index (χ0v) is 18.1. The summed E-state index contributed by atoms with van der Waals surface area (Å²) in [5.74, 6) is -2.03. The second-order valence-corrected chi connectivity index (χ2v) is 6.87. The number of carbonyl (C=O) groups is 2. The number of aliphatic hydroxyl groups is 1. The number of unbranched alkanes of at least 4 members (excludes halogenated alkanes) is 2. The number of carbonyl (C=O) groups excluding carboxylic acids is 2. The Hall–Kier alpha value is 0.120. The Morgan fingerprint density at radius 2 is 1.08 bits per heavy atom. The van der Waals surface area contributed by atoms with E-state index >= 15 is 0 Å². The fourth-order valence-corrected chi connectivity index (χ4v) is 1.85. The molecular formula is C17H32CaO6. The molecule has 0 aliphatic carbocycles. The van der Waals surface area contributed by atoms with Crippen LogP contribution < -0.4 is 10.2 Å². The van der Waals surface area contributed by atoms with Crippen LogP contribution in [0.25, 0.3) is 0 Å². The van der Waals surface area contributed by atoms with E-state index in [-0.39, 0.29) is 37.7 Å². The van der Waals surface area contributed by atoms with Crippen molar-refractivity contribution in [2.75, 3.05) is 20.3 Å². The molecule has 0 aromatic carbocycles. The van der Waals surface area contributed by atoms with Crippen LogP contribution in [0, 0.1) is 10.8 Å². The summed E-state index contributed by atoms with van der Waals surface area (Å²) in [5, 5.41) is 28.6. The molecule has 0 spiro atoms. The molecule has 7 heteroatoms. The zero-order chi connectivity index (χ0) is 18.5. The van der Waals surface area contributed by atoms with Crippen LogP contribution in [0.1, 0.15) is 66.2 Å². The van der Waals surface area contributed by atoms with Crippen LogP contribution in [0.3, 0.4) is 0 Å². The Kier molecular flexibility index (Phi) is 18.5. The SMILES string of the molecule is CC(C)(CCCCOCCCCC(C)(C)C(=O)[O-])C(=O)[O-].CO.[Ca+2]. The monoisotopic (exact) mass is 372 g/mol. The zero-order valence-electron chi connectivity index (χ0n) is 15.9. The van der Waals surface area contributed by atoms with Gasteiger partial charge in [-0.3, -0.25) is 0 Å². The van der Waals surface area contributed by atoms with Gasteiger partial charge in [-0.25, -0.2) is 0 Å². The van der Waals surface area contributed by atoms with Crippen LogP contribution in [0.15, 0.2) is 0 Å². The molecule has 0 heterocycles. The van der Waals surface area contributed by atoms with E-state index in [4.69, 9.17) is 9.84 Å². The van der Waals surface area contributed by atoms with Gasteiger partial charge in [0.25, 0.3) is 0 Å². The molecule has 0 saturated heterocycles. The Labute approximate surface area is 176 Å². The molecule has 0 radical (unpaired) electrons. The van der Waals surface area contributed by atoms with Gasteiger partial charge in [-0.1, -0.05) is 40.5 Å². The molecule has 138 valence electrons. The maximum atomic E-state index is 10.8. The first-order valence-corrected chi connectivity index (χ1v) is 8.05. The molecule has 0 aliphatic rings. The molecule has 6 nitrogen and oxygen atoms in total. The predicted molar refractivity (Wildman–Crippen MR) is 90.0 cm³/mol. The first-order valence-electron chi connectivity index (χ1n) is 8.05. The maximum absolute atomic E-state index is 10.8. The van der Waals surface area contributed by atoms with E-state index in [1.165, 1.54) is 0 Å². The van der Waals surface area contributed by atoms with Crippen molar-refractivity contribution in [3.05, 3.63) is 0 Å². The fraction of sp³-hybridized carbons (Fsp3) is 0.882. The van der Waals surface area contributed by atoms with Crippen LogP contribution >= 0.6 is 0 Å². The molecule has 0 bridgehead atoms. The standard InChI is InChI=1S/C16H30O5.CH4O.Ca/c1-15(2,13(17)18)9-5-7-11-21-12-8-6-10-16(3,4)14(19)20;1-2;/h5-12H2,1-4H3,(H,17,18)(H,19,20);2H,1H3;/q;;+2/p-2. The molecule has 0 rings (SSSR count). The summed E-state index contributed by atoms with van der Waals surface area (Å²) in [6.45, 7) is 7.88. The number of aliphatic hydroxyl groups excluding tert-OH is 1. The van der Waals surface area contributed by atoms with Gasteiger partial charge in [-0.2, -0.15) is 0 Å². The smallest absolute Gasteiger partial charge is 0.550 e. The van der Waals surface area contributed by atoms with E-state index in [2.05, 4.69) is 0 Å². The summed E-state index contributed by atoms with van der Waals surface area (Å²) in [7, 11) is 1.00. The number of carboxylic acids is 2. The van der Waals surface area contributed by atoms with Crippen molar-refractivity contribution in [3.8, 4) is 0 Å². The molecule has 0 aliphatic heterocycles. The van der Waals surface area contributed by atoms with Crippen molar-refractivity contribution in [2.45, 2.75) is 66.2 Å². The Morgan fingerprint density at radius 3 is 1.33 bits per heavy atom. The van der Waals surface area contributed by atoms with E-state index in [0.717, 1.165) is 32.8 Å². The summed E-state index contributed by atoms with van der Waals surface area (Å²) in [5.41, 5.74) is -1.56. The molecule has 24 heavy (non-hydrogen) atoms. The van der Waals surface area contributed by atoms with Gasteiger partial charge >= 0.3 is 37.7 Å². The first-order chi connectivity index (χ1) is 10.6. The first kappa shape index (κ1) is 28.9. The van der Waals surface area contributed by atoms with Crippen LogP contribution in [-0.2, 0) is 14.3 Å². The second-order valence-electron chi connectivity index (χ2n) is 6.87. The van der Waals surface area contributed by atoms with Gasteiger partial charge in [0, 0.05) is 43.1 Å². The van der Waals surface area contributed by atoms with Crippen molar-refractivity contribution in [3.63, 3.8) is 0 Å². The van der Waals surface area contributed by atoms with Crippen molar-refractivity contribution in [2.24, 2.45) is 10.8 Å². The Bertz CT molecular complexity index is 310. The molecule has 0 amide bonds. The Balaban J connectivity index is -0.00000141. The van der Waals surface area contributed by atoms with Crippen molar-refractivity contribution < 1.29 is 29.6 Å². The van der Waals surface area contributed by atoms with Crippen molar-refractivity contribution in [1.29, 1.82) is 0 Å². The molecule has 0 aromatic heterocycles. The normalized spacial score (nSPS) is 11.1. The third-order valence-electron chi connectivity index (χ3n) is 3.79. The van der Waals surface area contributed by atoms with E-state index in [1.54, 1.807) is 27.7 Å². The Morgan fingerprint density at radius 1 is 0.792 bits per heavy atom. The molecule has 0 unspecified atom stereocenters. The van der Waals surface area contributed by atoms with Crippen LogP contribution in [0.4, 0.5) is 0 Å².